The highest BCUT2D eigenvalue weighted by atomic mass is 16.2. The summed E-state index contributed by atoms with van der Waals surface area (Å²) < 4.78 is 0. The molecule has 122 valence electrons. The Morgan fingerprint density at radius 2 is 1.71 bits per heavy atom. The molecule has 2 fully saturated rings. The minimum Gasteiger partial charge on any atom is -0.343 e. The van der Waals surface area contributed by atoms with Crippen molar-refractivity contribution in [3.8, 4) is 0 Å². The Bertz CT molecular complexity index is 322. The quantitative estimate of drug-likeness (QED) is 0.685. The van der Waals surface area contributed by atoms with Crippen molar-refractivity contribution in [2.24, 2.45) is 5.92 Å². The Morgan fingerprint density at radius 3 is 2.29 bits per heavy atom. The maximum Gasteiger partial charge on any atom is 0.231 e. The zero-order valence-corrected chi connectivity index (χ0v) is 14.3. The van der Waals surface area contributed by atoms with E-state index in [1.165, 1.54) is 45.4 Å². The number of hydrogen-bond donors (Lipinski definition) is 2. The second-order valence-electron chi connectivity index (χ2n) is 6.84. The number of hydrogen-bond acceptors (Lipinski definition) is 1. The zero-order valence-electron chi connectivity index (χ0n) is 14.3. The van der Waals surface area contributed by atoms with Crippen LogP contribution in [0.2, 0.25) is 0 Å². The van der Waals surface area contributed by atoms with Crippen LogP contribution in [0.5, 0.6) is 0 Å². The van der Waals surface area contributed by atoms with Gasteiger partial charge in [0.2, 0.25) is 5.91 Å². The average molecular weight is 297 g/mol. The maximum atomic E-state index is 12.6. The molecule has 2 aliphatic heterocycles. The summed E-state index contributed by atoms with van der Waals surface area (Å²) in [5, 5.41) is 0. The Kier molecular flexibility index (Phi) is 6.49. The summed E-state index contributed by atoms with van der Waals surface area (Å²) in [6, 6.07) is 0.813. The molecule has 2 N–H and O–H groups in total. The van der Waals surface area contributed by atoms with E-state index in [1.54, 1.807) is 9.80 Å². The number of rotatable bonds is 5. The standard InChI is InChI=1S/C17H33N3O/c1-4-18-12-9-16(10-13-18)20-11-7-8-15(14-20)17(21)19(5-2)6-3/h15-16H,4-14H2,1-3H3/p+2/t15-/m1/s1. The van der Waals surface area contributed by atoms with Crippen LogP contribution in [-0.2, 0) is 4.79 Å². The van der Waals surface area contributed by atoms with Gasteiger partial charge in [0, 0.05) is 25.9 Å². The molecular weight excluding hydrogens is 262 g/mol. The molecule has 2 heterocycles. The molecule has 0 aromatic heterocycles. The SMILES string of the molecule is CCN(CC)C(=O)[C@@H]1CCC[NH+](C2CC[NH+](CC)CC2)C1. The molecule has 0 spiro atoms. The number of quaternary nitrogens is 2. The fraction of sp³-hybridized carbons (Fsp3) is 0.941. The first-order chi connectivity index (χ1) is 10.2. The fourth-order valence-electron chi connectivity index (χ4n) is 4.26. The highest BCUT2D eigenvalue weighted by Gasteiger charge is 2.36. The number of carbonyl (C=O) groups is 1. The van der Waals surface area contributed by atoms with Gasteiger partial charge in [-0.1, -0.05) is 0 Å². The van der Waals surface area contributed by atoms with Crippen molar-refractivity contribution in [3.63, 3.8) is 0 Å². The summed E-state index contributed by atoms with van der Waals surface area (Å²) in [7, 11) is 0. The van der Waals surface area contributed by atoms with Gasteiger partial charge in [0.25, 0.3) is 0 Å². The predicted octanol–water partition coefficient (Wildman–Crippen LogP) is -0.783. The Labute approximate surface area is 130 Å². The smallest absolute Gasteiger partial charge is 0.231 e. The van der Waals surface area contributed by atoms with E-state index in [0.29, 0.717) is 5.91 Å². The molecule has 21 heavy (non-hydrogen) atoms. The molecule has 0 aliphatic carbocycles. The largest absolute Gasteiger partial charge is 0.343 e. The first kappa shape index (κ1) is 16.8. The summed E-state index contributed by atoms with van der Waals surface area (Å²) in [4.78, 5) is 18.1. The number of nitrogens with zero attached hydrogens (tertiary/aromatic N) is 1. The van der Waals surface area contributed by atoms with Crippen molar-refractivity contribution in [3.05, 3.63) is 0 Å². The fourth-order valence-corrected chi connectivity index (χ4v) is 4.26. The number of nitrogens with one attached hydrogen (secondary N) is 2. The van der Waals surface area contributed by atoms with Crippen LogP contribution >= 0.6 is 0 Å². The maximum absolute atomic E-state index is 12.6. The molecular formula is C17H35N3O+2. The predicted molar refractivity (Wildman–Crippen MR) is 85.6 cm³/mol. The van der Waals surface area contributed by atoms with Gasteiger partial charge in [-0.2, -0.15) is 0 Å². The molecule has 0 saturated carbocycles. The van der Waals surface area contributed by atoms with Gasteiger partial charge in [-0.15, -0.1) is 0 Å². The summed E-state index contributed by atoms with van der Waals surface area (Å²) in [5.74, 6) is 0.694. The third-order valence-corrected chi connectivity index (χ3v) is 5.75. The molecule has 4 heteroatoms. The van der Waals surface area contributed by atoms with Crippen molar-refractivity contribution >= 4 is 5.91 Å². The molecule has 1 amide bonds. The first-order valence-corrected chi connectivity index (χ1v) is 9.16. The van der Waals surface area contributed by atoms with E-state index in [2.05, 4.69) is 20.8 Å². The van der Waals surface area contributed by atoms with Crippen LogP contribution in [0.3, 0.4) is 0 Å². The number of carbonyl (C=O) groups excluding carboxylic acids is 1. The lowest BCUT2D eigenvalue weighted by Crippen LogP contribution is -3.21. The van der Waals surface area contributed by atoms with Crippen LogP contribution in [-0.4, -0.2) is 62.7 Å². The molecule has 0 aromatic rings. The Balaban J connectivity index is 1.87. The normalized spacial score (nSPS) is 33.7. The van der Waals surface area contributed by atoms with E-state index >= 15 is 0 Å². The van der Waals surface area contributed by atoms with Crippen molar-refractivity contribution in [2.45, 2.75) is 52.5 Å². The van der Waals surface area contributed by atoms with Gasteiger partial charge in [-0.05, 0) is 33.6 Å². The van der Waals surface area contributed by atoms with E-state index in [0.717, 1.165) is 32.1 Å². The summed E-state index contributed by atoms with van der Waals surface area (Å²) in [6.45, 7) is 14.5. The zero-order chi connectivity index (χ0) is 15.2. The van der Waals surface area contributed by atoms with Crippen LogP contribution in [0, 0.1) is 5.92 Å². The van der Waals surface area contributed by atoms with Gasteiger partial charge in [-0.25, -0.2) is 0 Å². The van der Waals surface area contributed by atoms with E-state index in [4.69, 9.17) is 0 Å². The lowest BCUT2D eigenvalue weighted by molar-refractivity contribution is -0.961. The molecule has 2 saturated heterocycles. The van der Waals surface area contributed by atoms with Crippen molar-refractivity contribution < 1.29 is 14.6 Å². The second-order valence-corrected chi connectivity index (χ2v) is 6.84. The van der Waals surface area contributed by atoms with E-state index in [-0.39, 0.29) is 5.92 Å². The van der Waals surface area contributed by atoms with Crippen LogP contribution in [0.15, 0.2) is 0 Å². The lowest BCUT2D eigenvalue weighted by atomic mass is 9.93. The summed E-state index contributed by atoms with van der Waals surface area (Å²) >= 11 is 0. The van der Waals surface area contributed by atoms with Gasteiger partial charge >= 0.3 is 0 Å². The second kappa shape index (κ2) is 8.14. The minimum absolute atomic E-state index is 0.283. The van der Waals surface area contributed by atoms with Gasteiger partial charge in [0.15, 0.2) is 0 Å². The third-order valence-electron chi connectivity index (χ3n) is 5.75. The van der Waals surface area contributed by atoms with Crippen LogP contribution < -0.4 is 9.80 Å². The highest BCUT2D eigenvalue weighted by Crippen LogP contribution is 2.12. The van der Waals surface area contributed by atoms with Gasteiger partial charge < -0.3 is 14.7 Å². The first-order valence-electron chi connectivity index (χ1n) is 9.16. The molecule has 0 radical (unpaired) electrons. The van der Waals surface area contributed by atoms with Gasteiger partial charge in [0.05, 0.1) is 44.7 Å². The molecule has 2 aliphatic rings. The molecule has 4 nitrogen and oxygen atoms in total. The number of likely N-dealkylation sites (tertiary alicyclic amines) is 2. The molecule has 2 rings (SSSR count). The minimum atomic E-state index is 0.283. The Hall–Kier alpha value is -0.610. The Morgan fingerprint density at radius 1 is 1.05 bits per heavy atom. The topological polar surface area (TPSA) is 29.2 Å². The number of piperidine rings is 2. The van der Waals surface area contributed by atoms with Crippen LogP contribution in [0.4, 0.5) is 0 Å². The molecule has 1 unspecified atom stereocenters. The molecule has 0 bridgehead atoms. The third kappa shape index (κ3) is 4.19. The average Bonchev–Trinajstić information content (AvgIpc) is 2.56. The molecule has 2 atom stereocenters. The van der Waals surface area contributed by atoms with Crippen LogP contribution in [0.1, 0.15) is 46.5 Å². The van der Waals surface area contributed by atoms with E-state index < -0.39 is 0 Å². The van der Waals surface area contributed by atoms with Crippen LogP contribution in [0.25, 0.3) is 0 Å². The lowest BCUT2D eigenvalue weighted by Gasteiger charge is -2.38. The van der Waals surface area contributed by atoms with Crippen molar-refractivity contribution in [1.29, 1.82) is 0 Å². The van der Waals surface area contributed by atoms with Crippen molar-refractivity contribution in [2.75, 3.05) is 45.8 Å². The highest BCUT2D eigenvalue weighted by molar-refractivity contribution is 5.78. The number of amides is 1. The van der Waals surface area contributed by atoms with Crippen molar-refractivity contribution in [1.82, 2.24) is 4.90 Å². The summed E-state index contributed by atoms with van der Waals surface area (Å²) in [6.07, 6.45) is 5.04. The van der Waals surface area contributed by atoms with Gasteiger partial charge in [0.1, 0.15) is 0 Å². The van der Waals surface area contributed by atoms with E-state index in [1.807, 2.05) is 4.90 Å². The van der Waals surface area contributed by atoms with E-state index in [9.17, 15) is 4.79 Å². The van der Waals surface area contributed by atoms with Gasteiger partial charge in [-0.3, -0.25) is 4.79 Å². The summed E-state index contributed by atoms with van der Waals surface area (Å²) in [5.41, 5.74) is 0. The molecule has 0 aromatic carbocycles. The monoisotopic (exact) mass is 297 g/mol.